The highest BCUT2D eigenvalue weighted by Gasteiger charge is 2.35. The fraction of sp³-hybridized carbons (Fsp3) is 0.917. The predicted molar refractivity (Wildman–Crippen MR) is 61.6 cm³/mol. The van der Waals surface area contributed by atoms with Crippen molar-refractivity contribution >= 4 is 5.91 Å². The summed E-state index contributed by atoms with van der Waals surface area (Å²) in [4.78, 5) is 14.0. The Morgan fingerprint density at radius 3 is 2.59 bits per heavy atom. The lowest BCUT2D eigenvalue weighted by molar-refractivity contribution is -0.157. The van der Waals surface area contributed by atoms with E-state index in [4.69, 9.17) is 14.6 Å². The molecule has 0 aromatic heterocycles. The molecule has 2 saturated heterocycles. The van der Waals surface area contributed by atoms with Crippen molar-refractivity contribution in [2.45, 2.75) is 51.1 Å². The Morgan fingerprint density at radius 1 is 1.24 bits per heavy atom. The number of hydrogen-bond acceptors (Lipinski definition) is 4. The average molecular weight is 243 g/mol. The van der Waals surface area contributed by atoms with Crippen LogP contribution in [0.5, 0.6) is 0 Å². The maximum atomic E-state index is 12.2. The first-order valence-corrected chi connectivity index (χ1v) is 6.30. The summed E-state index contributed by atoms with van der Waals surface area (Å²) >= 11 is 0. The van der Waals surface area contributed by atoms with Crippen LogP contribution in [0.3, 0.4) is 0 Å². The van der Waals surface area contributed by atoms with Crippen molar-refractivity contribution in [3.8, 4) is 0 Å². The van der Waals surface area contributed by atoms with Crippen molar-refractivity contribution in [2.24, 2.45) is 0 Å². The Balaban J connectivity index is 1.94. The van der Waals surface area contributed by atoms with E-state index in [2.05, 4.69) is 0 Å². The van der Waals surface area contributed by atoms with Crippen molar-refractivity contribution in [3.63, 3.8) is 0 Å². The summed E-state index contributed by atoms with van der Waals surface area (Å²) in [6, 6.07) is 0. The van der Waals surface area contributed by atoms with E-state index < -0.39 is 0 Å². The van der Waals surface area contributed by atoms with Crippen molar-refractivity contribution < 1.29 is 19.4 Å². The van der Waals surface area contributed by atoms with Crippen molar-refractivity contribution in [3.05, 3.63) is 0 Å². The van der Waals surface area contributed by atoms with Gasteiger partial charge in [0.2, 0.25) is 0 Å². The van der Waals surface area contributed by atoms with Gasteiger partial charge in [0, 0.05) is 13.1 Å². The SMILES string of the molecule is CC1CN(C(=O)C2CCC(C)O2)CC(CO)O1. The molecule has 5 nitrogen and oxygen atoms in total. The van der Waals surface area contributed by atoms with Gasteiger partial charge in [0.1, 0.15) is 6.10 Å². The number of nitrogens with zero attached hydrogens (tertiary/aromatic N) is 1. The quantitative estimate of drug-likeness (QED) is 0.750. The lowest BCUT2D eigenvalue weighted by Crippen LogP contribution is -2.53. The standard InChI is InChI=1S/C12H21NO4/c1-8-3-4-11(17-8)12(15)13-5-9(2)16-10(6-13)7-14/h8-11,14H,3-7H2,1-2H3. The van der Waals surface area contributed by atoms with Gasteiger partial charge in [-0.1, -0.05) is 0 Å². The van der Waals surface area contributed by atoms with E-state index in [1.807, 2.05) is 13.8 Å². The van der Waals surface area contributed by atoms with Gasteiger partial charge in [-0.3, -0.25) is 4.79 Å². The van der Waals surface area contributed by atoms with Gasteiger partial charge in [-0.05, 0) is 26.7 Å². The van der Waals surface area contributed by atoms with Gasteiger partial charge < -0.3 is 19.5 Å². The number of carbonyl (C=O) groups excluding carboxylic acids is 1. The van der Waals surface area contributed by atoms with Crippen LogP contribution in [-0.2, 0) is 14.3 Å². The minimum Gasteiger partial charge on any atom is -0.394 e. The van der Waals surface area contributed by atoms with Crippen LogP contribution in [0, 0.1) is 0 Å². The Kier molecular flexibility index (Phi) is 4.01. The van der Waals surface area contributed by atoms with Crippen LogP contribution < -0.4 is 0 Å². The largest absolute Gasteiger partial charge is 0.394 e. The van der Waals surface area contributed by atoms with Crippen LogP contribution >= 0.6 is 0 Å². The van der Waals surface area contributed by atoms with Crippen LogP contribution in [0.2, 0.25) is 0 Å². The highest BCUT2D eigenvalue weighted by molar-refractivity contribution is 5.81. The molecule has 0 aromatic rings. The number of aliphatic hydroxyl groups excluding tert-OH is 1. The number of ether oxygens (including phenoxy) is 2. The molecule has 0 aliphatic carbocycles. The summed E-state index contributed by atoms with van der Waals surface area (Å²) < 4.78 is 11.1. The summed E-state index contributed by atoms with van der Waals surface area (Å²) in [6.07, 6.45) is 1.34. The lowest BCUT2D eigenvalue weighted by atomic mass is 10.1. The van der Waals surface area contributed by atoms with E-state index in [1.165, 1.54) is 0 Å². The zero-order chi connectivity index (χ0) is 12.4. The molecule has 0 bridgehead atoms. The van der Waals surface area contributed by atoms with Gasteiger partial charge in [-0.2, -0.15) is 0 Å². The third-order valence-corrected chi connectivity index (χ3v) is 3.35. The second kappa shape index (κ2) is 5.33. The van der Waals surface area contributed by atoms with E-state index in [9.17, 15) is 4.79 Å². The van der Waals surface area contributed by atoms with Crippen LogP contribution in [0.4, 0.5) is 0 Å². The number of amides is 1. The van der Waals surface area contributed by atoms with Crippen molar-refractivity contribution in [1.82, 2.24) is 4.90 Å². The summed E-state index contributed by atoms with van der Waals surface area (Å²) in [5, 5.41) is 9.12. The van der Waals surface area contributed by atoms with E-state index in [1.54, 1.807) is 4.90 Å². The molecule has 5 heteroatoms. The fourth-order valence-corrected chi connectivity index (χ4v) is 2.51. The van der Waals surface area contributed by atoms with E-state index >= 15 is 0 Å². The third-order valence-electron chi connectivity index (χ3n) is 3.35. The number of carbonyl (C=O) groups is 1. The molecule has 4 unspecified atom stereocenters. The third kappa shape index (κ3) is 2.97. The second-order valence-corrected chi connectivity index (χ2v) is 5.01. The fourth-order valence-electron chi connectivity index (χ4n) is 2.51. The lowest BCUT2D eigenvalue weighted by Gasteiger charge is -2.37. The van der Waals surface area contributed by atoms with Crippen LogP contribution in [0.15, 0.2) is 0 Å². The van der Waals surface area contributed by atoms with Gasteiger partial charge in [0.05, 0.1) is 24.9 Å². The molecule has 17 heavy (non-hydrogen) atoms. The second-order valence-electron chi connectivity index (χ2n) is 5.01. The first kappa shape index (κ1) is 12.8. The molecule has 1 N–H and O–H groups in total. The highest BCUT2D eigenvalue weighted by atomic mass is 16.5. The van der Waals surface area contributed by atoms with Crippen LogP contribution in [0.25, 0.3) is 0 Å². The predicted octanol–water partition coefficient (Wildman–Crippen LogP) is 0.162. The summed E-state index contributed by atoms with van der Waals surface area (Å²) in [7, 11) is 0. The Labute approximate surface area is 102 Å². The number of morpholine rings is 1. The Morgan fingerprint density at radius 2 is 2.00 bits per heavy atom. The molecular formula is C12H21NO4. The van der Waals surface area contributed by atoms with Crippen molar-refractivity contribution in [2.75, 3.05) is 19.7 Å². The minimum absolute atomic E-state index is 0.0244. The molecule has 2 rings (SSSR count). The van der Waals surface area contributed by atoms with Gasteiger partial charge in [0.15, 0.2) is 0 Å². The number of rotatable bonds is 2. The zero-order valence-electron chi connectivity index (χ0n) is 10.5. The molecule has 2 aliphatic rings. The minimum atomic E-state index is -0.297. The monoisotopic (exact) mass is 243 g/mol. The van der Waals surface area contributed by atoms with E-state index in [0.717, 1.165) is 12.8 Å². The van der Waals surface area contributed by atoms with Crippen molar-refractivity contribution in [1.29, 1.82) is 0 Å². The van der Waals surface area contributed by atoms with E-state index in [0.29, 0.717) is 13.1 Å². The highest BCUT2D eigenvalue weighted by Crippen LogP contribution is 2.22. The number of hydrogen-bond donors (Lipinski definition) is 1. The molecular weight excluding hydrogens is 222 g/mol. The smallest absolute Gasteiger partial charge is 0.251 e. The zero-order valence-corrected chi connectivity index (χ0v) is 10.5. The van der Waals surface area contributed by atoms with Gasteiger partial charge >= 0.3 is 0 Å². The topological polar surface area (TPSA) is 59.0 Å². The van der Waals surface area contributed by atoms with Gasteiger partial charge in [-0.15, -0.1) is 0 Å². The van der Waals surface area contributed by atoms with Crippen LogP contribution in [-0.4, -0.2) is 60.0 Å². The molecule has 4 atom stereocenters. The average Bonchev–Trinajstić information content (AvgIpc) is 2.74. The summed E-state index contributed by atoms with van der Waals surface area (Å²) in [5.41, 5.74) is 0. The molecule has 0 radical (unpaired) electrons. The normalized spacial score (nSPS) is 38.4. The summed E-state index contributed by atoms with van der Waals surface area (Å²) in [5.74, 6) is 0.0444. The molecule has 0 aromatic carbocycles. The van der Waals surface area contributed by atoms with E-state index in [-0.39, 0.29) is 36.9 Å². The Bertz CT molecular complexity index is 284. The molecule has 2 fully saturated rings. The maximum Gasteiger partial charge on any atom is 0.251 e. The first-order valence-electron chi connectivity index (χ1n) is 6.30. The molecule has 98 valence electrons. The Hall–Kier alpha value is -0.650. The summed E-state index contributed by atoms with van der Waals surface area (Å²) in [6.45, 7) is 4.92. The molecule has 2 aliphatic heterocycles. The molecule has 1 amide bonds. The van der Waals surface area contributed by atoms with Crippen LogP contribution in [0.1, 0.15) is 26.7 Å². The molecule has 0 spiro atoms. The maximum absolute atomic E-state index is 12.2. The van der Waals surface area contributed by atoms with Gasteiger partial charge in [0.25, 0.3) is 5.91 Å². The van der Waals surface area contributed by atoms with Gasteiger partial charge in [-0.25, -0.2) is 0 Å². The number of aliphatic hydroxyl groups is 1. The molecule has 0 saturated carbocycles. The molecule has 2 heterocycles. The first-order chi connectivity index (χ1) is 8.10.